The van der Waals surface area contributed by atoms with Crippen molar-refractivity contribution in [2.45, 2.75) is 37.3 Å². The smallest absolute Gasteiger partial charge is 0.207 e. The summed E-state index contributed by atoms with van der Waals surface area (Å²) in [4.78, 5) is -0.241. The minimum absolute atomic E-state index is 0.231. The van der Waals surface area contributed by atoms with Gasteiger partial charge in [0.2, 0.25) is 10.0 Å². The molecule has 0 bridgehead atoms. The minimum atomic E-state index is -4.54. The van der Waals surface area contributed by atoms with E-state index in [1.54, 1.807) is 0 Å². The largest absolute Gasteiger partial charge is 0.416 e. The summed E-state index contributed by atoms with van der Waals surface area (Å²) >= 11 is 0. The van der Waals surface area contributed by atoms with Gasteiger partial charge in [-0.15, -0.1) is 0 Å². The van der Waals surface area contributed by atoms with Crippen LogP contribution in [0.25, 0.3) is 0 Å². The van der Waals surface area contributed by atoms with Crippen molar-refractivity contribution in [3.63, 3.8) is 0 Å². The van der Waals surface area contributed by atoms with Crippen LogP contribution in [0.3, 0.4) is 0 Å². The van der Waals surface area contributed by atoms with Gasteiger partial charge in [0.05, 0.1) is 10.5 Å². The van der Waals surface area contributed by atoms with Crippen molar-refractivity contribution in [2.75, 3.05) is 13.1 Å². The van der Waals surface area contributed by atoms with Gasteiger partial charge in [0.25, 0.3) is 0 Å². The minimum Gasteiger partial charge on any atom is -0.207 e. The molecular weight excluding hydrogens is 291 g/mol. The van der Waals surface area contributed by atoms with E-state index in [1.165, 1.54) is 17.3 Å². The van der Waals surface area contributed by atoms with Crippen LogP contribution in [-0.2, 0) is 16.2 Å². The Morgan fingerprint density at radius 1 is 1.10 bits per heavy atom. The summed E-state index contributed by atoms with van der Waals surface area (Å²) in [7, 11) is -3.84. The lowest BCUT2D eigenvalue weighted by Crippen LogP contribution is -2.36. The van der Waals surface area contributed by atoms with Crippen molar-refractivity contribution >= 4 is 10.0 Å². The Kier molecular flexibility index (Phi) is 4.11. The summed E-state index contributed by atoms with van der Waals surface area (Å²) in [5.41, 5.74) is -1.12. The second-order valence-electron chi connectivity index (χ2n) is 4.89. The average molecular weight is 307 g/mol. The molecule has 1 fully saturated rings. The normalized spacial score (nSPS) is 18.2. The fourth-order valence-corrected chi connectivity index (χ4v) is 4.21. The predicted molar refractivity (Wildman–Crippen MR) is 68.8 cm³/mol. The zero-order chi connectivity index (χ0) is 15.0. The van der Waals surface area contributed by atoms with E-state index in [4.69, 9.17) is 0 Å². The van der Waals surface area contributed by atoms with Gasteiger partial charge >= 0.3 is 6.18 Å². The fraction of sp³-hybridized carbons (Fsp3) is 0.538. The SMILES string of the molecule is Cc1c(C(F)(F)F)cccc1S(=O)(=O)N1CCCCC1. The number of sulfonamides is 1. The van der Waals surface area contributed by atoms with Gasteiger partial charge in [-0.1, -0.05) is 12.5 Å². The molecule has 1 saturated heterocycles. The molecule has 3 nitrogen and oxygen atoms in total. The highest BCUT2D eigenvalue weighted by Crippen LogP contribution is 2.35. The summed E-state index contributed by atoms with van der Waals surface area (Å²) in [5.74, 6) is 0. The Hall–Kier alpha value is -1.08. The summed E-state index contributed by atoms with van der Waals surface area (Å²) in [6.45, 7) is 1.95. The fourth-order valence-electron chi connectivity index (χ4n) is 2.45. The van der Waals surface area contributed by atoms with Gasteiger partial charge < -0.3 is 0 Å². The molecule has 1 aliphatic heterocycles. The van der Waals surface area contributed by atoms with Crippen LogP contribution in [0.4, 0.5) is 13.2 Å². The Bertz CT molecular complexity index is 590. The van der Waals surface area contributed by atoms with Crippen LogP contribution in [0.5, 0.6) is 0 Å². The van der Waals surface area contributed by atoms with Crippen LogP contribution in [-0.4, -0.2) is 25.8 Å². The van der Waals surface area contributed by atoms with Crippen LogP contribution in [0, 0.1) is 6.92 Å². The first-order valence-corrected chi connectivity index (χ1v) is 7.85. The van der Waals surface area contributed by atoms with E-state index < -0.39 is 21.8 Å². The van der Waals surface area contributed by atoms with E-state index in [0.717, 1.165) is 31.4 Å². The van der Waals surface area contributed by atoms with Crippen LogP contribution in [0.1, 0.15) is 30.4 Å². The lowest BCUT2D eigenvalue weighted by molar-refractivity contribution is -0.138. The van der Waals surface area contributed by atoms with Crippen molar-refractivity contribution in [1.82, 2.24) is 4.31 Å². The molecule has 0 spiro atoms. The maximum Gasteiger partial charge on any atom is 0.416 e. The van der Waals surface area contributed by atoms with Crippen LogP contribution < -0.4 is 0 Å². The van der Waals surface area contributed by atoms with E-state index >= 15 is 0 Å². The number of alkyl halides is 3. The standard InChI is InChI=1S/C13H16F3NO2S/c1-10-11(13(14,15)16)6-5-7-12(10)20(18,19)17-8-3-2-4-9-17/h5-7H,2-4,8-9H2,1H3. The molecule has 0 N–H and O–H groups in total. The molecule has 0 atom stereocenters. The molecule has 112 valence electrons. The molecule has 1 aromatic carbocycles. The van der Waals surface area contributed by atoms with Gasteiger partial charge in [0.1, 0.15) is 0 Å². The highest BCUT2D eigenvalue weighted by Gasteiger charge is 2.36. The van der Waals surface area contributed by atoms with E-state index in [1.807, 2.05) is 0 Å². The molecule has 0 aliphatic carbocycles. The Morgan fingerprint density at radius 3 is 2.25 bits per heavy atom. The number of piperidine rings is 1. The number of hydrogen-bond acceptors (Lipinski definition) is 2. The summed E-state index contributed by atoms with van der Waals surface area (Å²) < 4.78 is 64.7. The monoisotopic (exact) mass is 307 g/mol. The third-order valence-electron chi connectivity index (χ3n) is 3.52. The first kappa shape index (κ1) is 15.3. The number of rotatable bonds is 2. The molecule has 1 aliphatic rings. The molecule has 0 radical (unpaired) electrons. The summed E-state index contributed by atoms with van der Waals surface area (Å²) in [5, 5.41) is 0. The van der Waals surface area contributed by atoms with Crippen molar-refractivity contribution in [1.29, 1.82) is 0 Å². The number of nitrogens with zero attached hydrogens (tertiary/aromatic N) is 1. The Balaban J connectivity index is 2.47. The lowest BCUT2D eigenvalue weighted by Gasteiger charge is -2.27. The first-order valence-electron chi connectivity index (χ1n) is 6.41. The molecule has 7 heteroatoms. The van der Waals surface area contributed by atoms with Crippen molar-refractivity contribution < 1.29 is 21.6 Å². The van der Waals surface area contributed by atoms with Gasteiger partial charge in [0, 0.05) is 13.1 Å². The van der Waals surface area contributed by atoms with Crippen molar-refractivity contribution in [3.8, 4) is 0 Å². The van der Waals surface area contributed by atoms with Crippen molar-refractivity contribution in [3.05, 3.63) is 29.3 Å². The van der Waals surface area contributed by atoms with Crippen LogP contribution in [0.2, 0.25) is 0 Å². The molecule has 0 amide bonds. The molecule has 2 rings (SSSR count). The van der Waals surface area contributed by atoms with Crippen LogP contribution >= 0.6 is 0 Å². The predicted octanol–water partition coefficient (Wildman–Crippen LogP) is 3.19. The van der Waals surface area contributed by atoms with Gasteiger partial charge in [0.15, 0.2) is 0 Å². The molecular formula is C13H16F3NO2S. The highest BCUT2D eigenvalue weighted by molar-refractivity contribution is 7.89. The molecule has 0 unspecified atom stereocenters. The van der Waals surface area contributed by atoms with Gasteiger partial charge in [-0.2, -0.15) is 17.5 Å². The second-order valence-corrected chi connectivity index (χ2v) is 6.80. The average Bonchev–Trinajstić information content (AvgIpc) is 2.38. The topological polar surface area (TPSA) is 37.4 Å². The number of benzene rings is 1. The van der Waals surface area contributed by atoms with Crippen LogP contribution in [0.15, 0.2) is 23.1 Å². The summed E-state index contributed by atoms with van der Waals surface area (Å²) in [6.07, 6.45) is -2.10. The van der Waals surface area contributed by atoms with E-state index in [2.05, 4.69) is 0 Å². The summed E-state index contributed by atoms with van der Waals surface area (Å²) in [6, 6.07) is 3.30. The highest BCUT2D eigenvalue weighted by atomic mass is 32.2. The van der Waals surface area contributed by atoms with Crippen molar-refractivity contribution in [2.24, 2.45) is 0 Å². The third-order valence-corrected chi connectivity index (χ3v) is 5.57. The maximum atomic E-state index is 12.9. The lowest BCUT2D eigenvalue weighted by atomic mass is 10.1. The quantitative estimate of drug-likeness (QED) is 0.841. The van der Waals surface area contributed by atoms with E-state index in [0.29, 0.717) is 13.1 Å². The second kappa shape index (κ2) is 5.37. The van der Waals surface area contributed by atoms with Gasteiger partial charge in [-0.25, -0.2) is 8.42 Å². The molecule has 20 heavy (non-hydrogen) atoms. The van der Waals surface area contributed by atoms with Gasteiger partial charge in [-0.05, 0) is 37.5 Å². The van der Waals surface area contributed by atoms with Gasteiger partial charge in [-0.3, -0.25) is 0 Å². The maximum absolute atomic E-state index is 12.9. The third kappa shape index (κ3) is 2.83. The number of halogens is 3. The molecule has 1 heterocycles. The van der Waals surface area contributed by atoms with E-state index in [-0.39, 0.29) is 10.5 Å². The first-order chi connectivity index (χ1) is 9.24. The Morgan fingerprint density at radius 2 is 1.70 bits per heavy atom. The Labute approximate surface area is 116 Å². The zero-order valence-corrected chi connectivity index (χ0v) is 11.9. The molecule has 0 aromatic heterocycles. The molecule has 0 saturated carbocycles. The number of hydrogen-bond donors (Lipinski definition) is 0. The van der Waals surface area contributed by atoms with E-state index in [9.17, 15) is 21.6 Å². The molecule has 1 aromatic rings. The zero-order valence-electron chi connectivity index (χ0n) is 11.1.